The van der Waals surface area contributed by atoms with Gasteiger partial charge in [0.1, 0.15) is 11.3 Å². The Bertz CT molecular complexity index is 595. The van der Waals surface area contributed by atoms with Crippen molar-refractivity contribution in [3.63, 3.8) is 0 Å². The molecule has 0 fully saturated rings. The van der Waals surface area contributed by atoms with Crippen LogP contribution in [0.2, 0.25) is 0 Å². The normalized spacial score (nSPS) is 12.9. The van der Waals surface area contributed by atoms with Crippen LogP contribution in [-0.4, -0.2) is 43.9 Å². The maximum atomic E-state index is 12.1. The molecule has 0 amide bonds. The van der Waals surface area contributed by atoms with Gasteiger partial charge in [0.05, 0.1) is 18.1 Å². The number of nitrogens with one attached hydrogen (secondary N) is 1. The van der Waals surface area contributed by atoms with Crippen LogP contribution in [0.4, 0.5) is 0 Å². The smallest absolute Gasteiger partial charge is 0.339 e. The standard InChI is InChI=1S/C13H19NO6S/c1-3-9(8-15)14-21(18,19)10-5-6-12(20-4-2)11(7-10)13(16)17/h5-7,9,14-15H,3-4,8H2,1-2H3,(H,16,17)/t9-/m0/s1. The molecule has 0 aromatic heterocycles. The fourth-order valence-electron chi connectivity index (χ4n) is 1.66. The lowest BCUT2D eigenvalue weighted by atomic mass is 10.2. The lowest BCUT2D eigenvalue weighted by Crippen LogP contribution is -2.36. The van der Waals surface area contributed by atoms with E-state index in [1.807, 2.05) is 0 Å². The molecule has 8 heteroatoms. The zero-order valence-corrected chi connectivity index (χ0v) is 12.7. The van der Waals surface area contributed by atoms with Crippen molar-refractivity contribution in [2.45, 2.75) is 31.2 Å². The molecule has 21 heavy (non-hydrogen) atoms. The van der Waals surface area contributed by atoms with Gasteiger partial charge in [-0.1, -0.05) is 6.92 Å². The molecule has 0 radical (unpaired) electrons. The van der Waals surface area contributed by atoms with E-state index in [1.165, 1.54) is 12.1 Å². The third-order valence-electron chi connectivity index (χ3n) is 2.83. The summed E-state index contributed by atoms with van der Waals surface area (Å²) in [6.45, 7) is 3.36. The van der Waals surface area contributed by atoms with Gasteiger partial charge in [-0.3, -0.25) is 0 Å². The highest BCUT2D eigenvalue weighted by atomic mass is 32.2. The first kappa shape index (κ1) is 17.4. The van der Waals surface area contributed by atoms with Crippen molar-refractivity contribution in [2.24, 2.45) is 0 Å². The summed E-state index contributed by atoms with van der Waals surface area (Å²) in [6, 6.07) is 3.00. The summed E-state index contributed by atoms with van der Waals surface area (Å²) in [5.41, 5.74) is -0.225. The minimum Gasteiger partial charge on any atom is -0.493 e. The maximum Gasteiger partial charge on any atom is 0.339 e. The van der Waals surface area contributed by atoms with Crippen LogP contribution >= 0.6 is 0 Å². The topological polar surface area (TPSA) is 113 Å². The number of hydrogen-bond acceptors (Lipinski definition) is 5. The molecule has 118 valence electrons. The van der Waals surface area contributed by atoms with Gasteiger partial charge in [-0.25, -0.2) is 17.9 Å². The van der Waals surface area contributed by atoms with E-state index in [4.69, 9.17) is 14.9 Å². The molecule has 0 aliphatic carbocycles. The van der Waals surface area contributed by atoms with Crippen LogP contribution in [0, 0.1) is 0 Å². The van der Waals surface area contributed by atoms with E-state index in [1.54, 1.807) is 13.8 Å². The molecule has 0 spiro atoms. The number of carboxylic acids is 1. The fourth-order valence-corrected chi connectivity index (χ4v) is 3.00. The molecule has 3 N–H and O–H groups in total. The molecule has 0 aliphatic heterocycles. The van der Waals surface area contributed by atoms with Crippen molar-refractivity contribution < 1.29 is 28.2 Å². The molecule has 1 aromatic carbocycles. The number of hydrogen-bond donors (Lipinski definition) is 3. The van der Waals surface area contributed by atoms with Crippen molar-refractivity contribution >= 4 is 16.0 Å². The van der Waals surface area contributed by atoms with E-state index in [-0.39, 0.29) is 29.4 Å². The van der Waals surface area contributed by atoms with Crippen molar-refractivity contribution in [1.82, 2.24) is 4.72 Å². The molecule has 0 saturated heterocycles. The minimum absolute atomic E-state index is 0.109. The first-order valence-electron chi connectivity index (χ1n) is 6.49. The number of ether oxygens (including phenoxy) is 1. The molecular formula is C13H19NO6S. The quantitative estimate of drug-likeness (QED) is 0.654. The Labute approximate surface area is 123 Å². The number of carboxylic acid groups (broad SMARTS) is 1. The van der Waals surface area contributed by atoms with Crippen LogP contribution in [-0.2, 0) is 10.0 Å². The van der Waals surface area contributed by atoms with Crippen LogP contribution in [0.5, 0.6) is 5.75 Å². The first-order valence-corrected chi connectivity index (χ1v) is 7.97. The average molecular weight is 317 g/mol. The predicted molar refractivity (Wildman–Crippen MR) is 76.1 cm³/mol. The van der Waals surface area contributed by atoms with Gasteiger partial charge in [0.25, 0.3) is 0 Å². The van der Waals surface area contributed by atoms with Gasteiger partial charge in [0, 0.05) is 6.04 Å². The van der Waals surface area contributed by atoms with E-state index in [2.05, 4.69) is 4.72 Å². The Balaban J connectivity index is 3.19. The number of aromatic carboxylic acids is 1. The Morgan fingerprint density at radius 2 is 2.05 bits per heavy atom. The SMILES string of the molecule is CCOc1ccc(S(=O)(=O)N[C@@H](CC)CO)cc1C(=O)O. The Morgan fingerprint density at radius 1 is 1.38 bits per heavy atom. The van der Waals surface area contributed by atoms with Gasteiger partial charge in [-0.2, -0.15) is 0 Å². The van der Waals surface area contributed by atoms with Gasteiger partial charge < -0.3 is 14.9 Å². The number of rotatable bonds is 8. The summed E-state index contributed by atoms with van der Waals surface area (Å²) in [7, 11) is -3.90. The van der Waals surface area contributed by atoms with E-state index in [0.717, 1.165) is 6.07 Å². The van der Waals surface area contributed by atoms with Crippen molar-refractivity contribution in [3.05, 3.63) is 23.8 Å². The molecule has 0 bridgehead atoms. The largest absolute Gasteiger partial charge is 0.493 e. The third kappa shape index (κ3) is 4.42. The van der Waals surface area contributed by atoms with E-state index in [0.29, 0.717) is 6.42 Å². The number of sulfonamides is 1. The van der Waals surface area contributed by atoms with Gasteiger partial charge in [-0.05, 0) is 31.5 Å². The van der Waals surface area contributed by atoms with Crippen LogP contribution < -0.4 is 9.46 Å². The van der Waals surface area contributed by atoms with Crippen LogP contribution in [0.25, 0.3) is 0 Å². The average Bonchev–Trinajstić information content (AvgIpc) is 2.45. The van der Waals surface area contributed by atoms with Gasteiger partial charge in [0.2, 0.25) is 10.0 Å². The monoisotopic (exact) mass is 317 g/mol. The Kier molecular flexibility index (Phi) is 6.13. The van der Waals surface area contributed by atoms with Crippen molar-refractivity contribution in [2.75, 3.05) is 13.2 Å². The van der Waals surface area contributed by atoms with Crippen LogP contribution in [0.3, 0.4) is 0 Å². The number of benzene rings is 1. The lowest BCUT2D eigenvalue weighted by Gasteiger charge is -2.15. The number of aliphatic hydroxyl groups excluding tert-OH is 1. The van der Waals surface area contributed by atoms with Crippen LogP contribution in [0.15, 0.2) is 23.1 Å². The molecule has 0 unspecified atom stereocenters. The van der Waals surface area contributed by atoms with E-state index >= 15 is 0 Å². The summed E-state index contributed by atoms with van der Waals surface area (Å²) >= 11 is 0. The molecular weight excluding hydrogens is 298 g/mol. The second-order valence-corrected chi connectivity index (χ2v) is 6.02. The molecule has 1 atom stereocenters. The molecule has 7 nitrogen and oxygen atoms in total. The second-order valence-electron chi connectivity index (χ2n) is 4.31. The summed E-state index contributed by atoms with van der Waals surface area (Å²) in [6.07, 6.45) is 0.415. The molecule has 0 saturated carbocycles. The summed E-state index contributed by atoms with van der Waals surface area (Å²) < 4.78 is 31.8. The van der Waals surface area contributed by atoms with E-state index in [9.17, 15) is 13.2 Å². The number of aliphatic hydroxyl groups is 1. The minimum atomic E-state index is -3.90. The summed E-state index contributed by atoms with van der Waals surface area (Å²) in [4.78, 5) is 11.0. The summed E-state index contributed by atoms with van der Waals surface area (Å²) in [5, 5.41) is 18.2. The Morgan fingerprint density at radius 3 is 2.52 bits per heavy atom. The highest BCUT2D eigenvalue weighted by molar-refractivity contribution is 7.89. The van der Waals surface area contributed by atoms with Gasteiger partial charge in [0.15, 0.2) is 0 Å². The van der Waals surface area contributed by atoms with Crippen LogP contribution in [0.1, 0.15) is 30.6 Å². The zero-order valence-electron chi connectivity index (χ0n) is 11.9. The molecule has 1 aromatic rings. The zero-order chi connectivity index (χ0) is 16.0. The highest BCUT2D eigenvalue weighted by Gasteiger charge is 2.22. The van der Waals surface area contributed by atoms with Crippen molar-refractivity contribution in [3.8, 4) is 5.75 Å². The molecule has 0 heterocycles. The van der Waals surface area contributed by atoms with Gasteiger partial charge in [-0.15, -0.1) is 0 Å². The van der Waals surface area contributed by atoms with E-state index < -0.39 is 22.0 Å². The highest BCUT2D eigenvalue weighted by Crippen LogP contribution is 2.23. The first-order chi connectivity index (χ1) is 9.85. The summed E-state index contributed by atoms with van der Waals surface area (Å²) in [5.74, 6) is -1.16. The second kappa shape index (κ2) is 7.39. The Hall–Kier alpha value is -1.64. The number of carbonyl (C=O) groups is 1. The maximum absolute atomic E-state index is 12.1. The molecule has 1 rings (SSSR count). The third-order valence-corrected chi connectivity index (χ3v) is 4.34. The molecule has 0 aliphatic rings. The predicted octanol–water partition coefficient (Wildman–Crippen LogP) is 0.833. The lowest BCUT2D eigenvalue weighted by molar-refractivity contribution is 0.0692. The fraction of sp³-hybridized carbons (Fsp3) is 0.462. The van der Waals surface area contributed by atoms with Gasteiger partial charge >= 0.3 is 5.97 Å². The van der Waals surface area contributed by atoms with Crippen molar-refractivity contribution in [1.29, 1.82) is 0 Å².